The van der Waals surface area contributed by atoms with Crippen molar-refractivity contribution in [2.45, 2.75) is 17.9 Å². The van der Waals surface area contributed by atoms with Crippen molar-refractivity contribution in [1.29, 1.82) is 0 Å². The third-order valence-corrected chi connectivity index (χ3v) is 7.89. The van der Waals surface area contributed by atoms with Crippen LogP contribution in [0.2, 0.25) is 0 Å². The standard InChI is InChI=1S/C21H22N2O5S3/c1-28-20(25)15-8-9-17-18(14-15)30-21(23(17)11-12-29-2)22-19(24)10-13-31(26,27)16-6-4-3-5-7-16/h3-9,14H,10-13H2,1-2H3. The van der Waals surface area contributed by atoms with E-state index in [2.05, 4.69) is 4.99 Å². The average molecular weight is 479 g/mol. The maximum Gasteiger partial charge on any atom is 0.337 e. The van der Waals surface area contributed by atoms with Crippen LogP contribution in [-0.2, 0) is 25.9 Å². The summed E-state index contributed by atoms with van der Waals surface area (Å²) in [6, 6.07) is 13.2. The van der Waals surface area contributed by atoms with Crippen molar-refractivity contribution < 1.29 is 22.7 Å². The van der Waals surface area contributed by atoms with Gasteiger partial charge in [-0.25, -0.2) is 13.2 Å². The van der Waals surface area contributed by atoms with Gasteiger partial charge >= 0.3 is 5.97 Å². The summed E-state index contributed by atoms with van der Waals surface area (Å²) in [4.78, 5) is 29.2. The Morgan fingerprint density at radius 2 is 1.90 bits per heavy atom. The Hall–Kier alpha value is -2.43. The largest absolute Gasteiger partial charge is 0.465 e. The Bertz CT molecular complexity index is 1260. The van der Waals surface area contributed by atoms with Gasteiger partial charge in [-0.05, 0) is 36.6 Å². The third-order valence-electron chi connectivity index (χ3n) is 4.53. The van der Waals surface area contributed by atoms with Crippen LogP contribution in [0.25, 0.3) is 10.2 Å². The van der Waals surface area contributed by atoms with E-state index in [0.29, 0.717) is 16.9 Å². The fourth-order valence-electron chi connectivity index (χ4n) is 2.93. The lowest BCUT2D eigenvalue weighted by Crippen LogP contribution is -2.19. The lowest BCUT2D eigenvalue weighted by Gasteiger charge is -2.05. The molecule has 0 aliphatic heterocycles. The van der Waals surface area contributed by atoms with Crippen molar-refractivity contribution in [3.63, 3.8) is 0 Å². The number of benzene rings is 2. The van der Waals surface area contributed by atoms with Gasteiger partial charge in [-0.15, -0.1) is 0 Å². The molecule has 2 aromatic carbocycles. The van der Waals surface area contributed by atoms with Gasteiger partial charge in [0.2, 0.25) is 5.91 Å². The number of rotatable bonds is 8. The number of amides is 1. The number of aryl methyl sites for hydroxylation is 1. The summed E-state index contributed by atoms with van der Waals surface area (Å²) in [6.07, 6.45) is 1.78. The second-order valence-corrected chi connectivity index (χ2v) is 10.7. The second kappa shape index (κ2) is 10.3. The summed E-state index contributed by atoms with van der Waals surface area (Å²) in [5.41, 5.74) is 1.27. The Labute approximate surface area is 188 Å². The fraction of sp³-hybridized carbons (Fsp3) is 0.286. The number of thioether (sulfide) groups is 1. The first-order valence-corrected chi connectivity index (χ1v) is 13.3. The zero-order valence-electron chi connectivity index (χ0n) is 17.1. The molecule has 0 aliphatic carbocycles. The molecule has 0 atom stereocenters. The number of carbonyl (C=O) groups excluding carboxylic acids is 2. The van der Waals surface area contributed by atoms with Crippen LogP contribution in [0.1, 0.15) is 16.8 Å². The molecule has 10 heteroatoms. The van der Waals surface area contributed by atoms with E-state index in [-0.39, 0.29) is 17.1 Å². The predicted molar refractivity (Wildman–Crippen MR) is 123 cm³/mol. The van der Waals surface area contributed by atoms with Crippen LogP contribution >= 0.6 is 23.1 Å². The average Bonchev–Trinajstić information content (AvgIpc) is 3.12. The van der Waals surface area contributed by atoms with Crippen LogP contribution in [0.15, 0.2) is 58.4 Å². The number of methoxy groups -OCH3 is 1. The highest BCUT2D eigenvalue weighted by Gasteiger charge is 2.17. The topological polar surface area (TPSA) is 94.8 Å². The zero-order chi connectivity index (χ0) is 22.4. The summed E-state index contributed by atoms with van der Waals surface area (Å²) >= 11 is 2.95. The summed E-state index contributed by atoms with van der Waals surface area (Å²) < 4.78 is 32.3. The van der Waals surface area contributed by atoms with Crippen molar-refractivity contribution in [3.8, 4) is 0 Å². The molecule has 0 radical (unpaired) electrons. The van der Waals surface area contributed by atoms with Gasteiger partial charge in [0.05, 0.1) is 33.5 Å². The number of aromatic nitrogens is 1. The molecule has 7 nitrogen and oxygen atoms in total. The number of esters is 1. The molecule has 0 saturated heterocycles. The maximum atomic E-state index is 12.5. The van der Waals surface area contributed by atoms with E-state index in [9.17, 15) is 18.0 Å². The number of fused-ring (bicyclic) bond motifs is 1. The molecular formula is C21H22N2O5S3. The molecule has 3 aromatic rings. The minimum Gasteiger partial charge on any atom is -0.465 e. The third kappa shape index (κ3) is 5.63. The molecule has 0 bridgehead atoms. The lowest BCUT2D eigenvalue weighted by molar-refractivity contribution is -0.117. The molecule has 0 N–H and O–H groups in total. The molecular weight excluding hydrogens is 456 g/mol. The molecule has 31 heavy (non-hydrogen) atoms. The monoisotopic (exact) mass is 478 g/mol. The molecule has 3 rings (SSSR count). The Kier molecular flexibility index (Phi) is 7.69. The van der Waals surface area contributed by atoms with Gasteiger partial charge in [-0.2, -0.15) is 16.8 Å². The van der Waals surface area contributed by atoms with E-state index in [1.54, 1.807) is 42.1 Å². The van der Waals surface area contributed by atoms with Crippen molar-refractivity contribution >= 4 is 55.0 Å². The minimum atomic E-state index is -3.55. The highest BCUT2D eigenvalue weighted by atomic mass is 32.2. The number of hydrogen-bond donors (Lipinski definition) is 0. The van der Waals surface area contributed by atoms with Gasteiger partial charge in [0.1, 0.15) is 0 Å². The smallest absolute Gasteiger partial charge is 0.337 e. The molecule has 0 aliphatic rings. The molecule has 1 heterocycles. The van der Waals surface area contributed by atoms with E-state index < -0.39 is 21.7 Å². The SMILES string of the molecule is COC(=O)c1ccc2c(c1)sc(=NC(=O)CCS(=O)(=O)c1ccccc1)n2CCSC. The fourth-order valence-corrected chi connectivity index (χ4v) is 5.66. The quantitative estimate of drug-likeness (QED) is 0.462. The van der Waals surface area contributed by atoms with E-state index in [0.717, 1.165) is 16.0 Å². The number of hydrogen-bond acceptors (Lipinski definition) is 7. The van der Waals surface area contributed by atoms with Crippen LogP contribution in [0.5, 0.6) is 0 Å². The van der Waals surface area contributed by atoms with E-state index in [1.165, 1.54) is 30.6 Å². The maximum absolute atomic E-state index is 12.5. The molecule has 0 unspecified atom stereocenters. The summed E-state index contributed by atoms with van der Waals surface area (Å²) in [5, 5.41) is 0. The van der Waals surface area contributed by atoms with Crippen molar-refractivity contribution in [3.05, 3.63) is 58.9 Å². The van der Waals surface area contributed by atoms with Gasteiger partial charge in [0.15, 0.2) is 14.6 Å². The number of nitrogens with zero attached hydrogens (tertiary/aromatic N) is 2. The molecule has 0 saturated carbocycles. The number of ether oxygens (including phenoxy) is 1. The highest BCUT2D eigenvalue weighted by molar-refractivity contribution is 7.98. The van der Waals surface area contributed by atoms with Gasteiger partial charge in [0.25, 0.3) is 0 Å². The normalized spacial score (nSPS) is 12.3. The number of thiazole rings is 1. The Morgan fingerprint density at radius 3 is 2.58 bits per heavy atom. The minimum absolute atomic E-state index is 0.190. The first kappa shape index (κ1) is 23.2. The summed E-state index contributed by atoms with van der Waals surface area (Å²) in [7, 11) is -2.23. The number of carbonyl (C=O) groups is 2. The molecule has 0 fully saturated rings. The van der Waals surface area contributed by atoms with Crippen LogP contribution < -0.4 is 4.80 Å². The molecule has 0 spiro atoms. The second-order valence-electron chi connectivity index (χ2n) is 6.59. The van der Waals surface area contributed by atoms with E-state index in [1.807, 2.05) is 16.9 Å². The lowest BCUT2D eigenvalue weighted by atomic mass is 10.2. The van der Waals surface area contributed by atoms with Gasteiger partial charge in [0, 0.05) is 18.7 Å². The van der Waals surface area contributed by atoms with E-state index >= 15 is 0 Å². The predicted octanol–water partition coefficient (Wildman–Crippen LogP) is 3.14. The highest BCUT2D eigenvalue weighted by Crippen LogP contribution is 2.20. The zero-order valence-corrected chi connectivity index (χ0v) is 19.6. The Balaban J connectivity index is 1.90. The van der Waals surface area contributed by atoms with Gasteiger partial charge in [-0.3, -0.25) is 4.79 Å². The molecule has 1 aromatic heterocycles. The van der Waals surface area contributed by atoms with Gasteiger partial charge < -0.3 is 9.30 Å². The number of sulfone groups is 1. The van der Waals surface area contributed by atoms with Crippen LogP contribution in [0.3, 0.4) is 0 Å². The van der Waals surface area contributed by atoms with Crippen LogP contribution in [0.4, 0.5) is 0 Å². The first-order chi connectivity index (χ1) is 14.9. The van der Waals surface area contributed by atoms with Crippen molar-refractivity contribution in [1.82, 2.24) is 4.57 Å². The van der Waals surface area contributed by atoms with Crippen LogP contribution in [-0.4, -0.2) is 49.7 Å². The Morgan fingerprint density at radius 1 is 1.16 bits per heavy atom. The van der Waals surface area contributed by atoms with Crippen molar-refractivity contribution in [2.24, 2.45) is 4.99 Å². The van der Waals surface area contributed by atoms with Crippen molar-refractivity contribution in [2.75, 3.05) is 24.9 Å². The van der Waals surface area contributed by atoms with Crippen LogP contribution in [0, 0.1) is 0 Å². The first-order valence-electron chi connectivity index (χ1n) is 9.41. The van der Waals surface area contributed by atoms with Gasteiger partial charge in [-0.1, -0.05) is 29.5 Å². The molecule has 164 valence electrons. The molecule has 1 amide bonds. The van der Waals surface area contributed by atoms with E-state index in [4.69, 9.17) is 4.74 Å². The summed E-state index contributed by atoms with van der Waals surface area (Å²) in [5.74, 6) is -0.431. The summed E-state index contributed by atoms with van der Waals surface area (Å²) in [6.45, 7) is 0.632.